The zero-order valence-electron chi connectivity index (χ0n) is 13.2. The number of carboxylic acids is 1. The van der Waals surface area contributed by atoms with Gasteiger partial charge in [0, 0.05) is 16.9 Å². The quantitative estimate of drug-likeness (QED) is 0.755. The van der Waals surface area contributed by atoms with E-state index in [1.807, 2.05) is 42.5 Å². The van der Waals surface area contributed by atoms with Crippen LogP contribution in [0.1, 0.15) is 35.9 Å². The maximum Gasteiger partial charge on any atom is 0.335 e. The number of aromatic carboxylic acids is 1. The number of benzene rings is 2. The Morgan fingerprint density at radius 2 is 1.87 bits per heavy atom. The number of fused-ring (bicyclic) bond motifs is 1. The average molecular weight is 309 g/mol. The topological polar surface area (TPSA) is 51.5 Å². The van der Waals surface area contributed by atoms with E-state index >= 15 is 0 Å². The lowest BCUT2D eigenvalue weighted by Gasteiger charge is -2.15. The van der Waals surface area contributed by atoms with E-state index in [0.717, 1.165) is 22.3 Å². The molecule has 4 heteroatoms. The van der Waals surface area contributed by atoms with Gasteiger partial charge in [-0.3, -0.25) is 0 Å². The molecule has 3 aromatic rings. The molecule has 0 spiro atoms. The number of nitrogens with zero attached hydrogens (tertiary/aromatic N) is 1. The van der Waals surface area contributed by atoms with E-state index in [2.05, 4.69) is 18.4 Å². The zero-order valence-corrected chi connectivity index (χ0v) is 13.2. The number of hydrogen-bond acceptors (Lipinski definition) is 2. The van der Waals surface area contributed by atoms with E-state index in [0.29, 0.717) is 12.2 Å². The first kappa shape index (κ1) is 15.2. The SMILES string of the molecule is CC(C)n1c(COc2ccccc2)cc2cc(C(=O)O)ccc21. The van der Waals surface area contributed by atoms with Crippen molar-refractivity contribution in [2.45, 2.75) is 26.5 Å². The molecule has 0 amide bonds. The smallest absolute Gasteiger partial charge is 0.335 e. The maximum absolute atomic E-state index is 11.1. The maximum atomic E-state index is 11.1. The second kappa shape index (κ2) is 6.16. The normalized spacial score (nSPS) is 11.1. The second-order valence-corrected chi connectivity index (χ2v) is 5.78. The van der Waals surface area contributed by atoms with E-state index in [9.17, 15) is 4.79 Å². The minimum atomic E-state index is -0.911. The van der Waals surface area contributed by atoms with Gasteiger partial charge in [0.15, 0.2) is 0 Å². The summed E-state index contributed by atoms with van der Waals surface area (Å²) in [5.41, 5.74) is 2.35. The molecular weight excluding hydrogens is 290 g/mol. The molecule has 4 nitrogen and oxygen atoms in total. The molecule has 0 saturated carbocycles. The highest BCUT2D eigenvalue weighted by Gasteiger charge is 2.14. The number of carbonyl (C=O) groups is 1. The van der Waals surface area contributed by atoms with Gasteiger partial charge in [0.05, 0.1) is 11.3 Å². The molecule has 118 valence electrons. The average Bonchev–Trinajstić information content (AvgIpc) is 2.91. The van der Waals surface area contributed by atoms with Crippen molar-refractivity contribution in [3.63, 3.8) is 0 Å². The molecule has 0 saturated heterocycles. The van der Waals surface area contributed by atoms with Crippen molar-refractivity contribution < 1.29 is 14.6 Å². The molecule has 2 aromatic carbocycles. The van der Waals surface area contributed by atoms with Crippen molar-refractivity contribution in [2.24, 2.45) is 0 Å². The monoisotopic (exact) mass is 309 g/mol. The van der Waals surface area contributed by atoms with Crippen LogP contribution in [0.5, 0.6) is 5.75 Å². The van der Waals surface area contributed by atoms with Crippen LogP contribution in [0.15, 0.2) is 54.6 Å². The molecule has 0 aliphatic rings. The highest BCUT2D eigenvalue weighted by Crippen LogP contribution is 2.26. The van der Waals surface area contributed by atoms with Crippen LogP contribution in [0.3, 0.4) is 0 Å². The molecule has 0 unspecified atom stereocenters. The summed E-state index contributed by atoms with van der Waals surface area (Å²) in [4.78, 5) is 11.1. The molecular formula is C19H19NO3. The Morgan fingerprint density at radius 1 is 1.13 bits per heavy atom. The fourth-order valence-electron chi connectivity index (χ4n) is 2.82. The van der Waals surface area contributed by atoms with Crippen molar-refractivity contribution in [2.75, 3.05) is 0 Å². The number of hydrogen-bond donors (Lipinski definition) is 1. The summed E-state index contributed by atoms with van der Waals surface area (Å²) in [5, 5.41) is 10.1. The van der Waals surface area contributed by atoms with E-state index in [-0.39, 0.29) is 6.04 Å². The third-order valence-electron chi connectivity index (χ3n) is 3.81. The number of para-hydroxylation sites is 1. The fourth-order valence-corrected chi connectivity index (χ4v) is 2.82. The fraction of sp³-hybridized carbons (Fsp3) is 0.211. The molecule has 0 aliphatic heterocycles. The van der Waals surface area contributed by atoms with E-state index in [1.54, 1.807) is 12.1 Å². The number of aromatic nitrogens is 1. The molecule has 1 aromatic heterocycles. The Hall–Kier alpha value is -2.75. The highest BCUT2D eigenvalue weighted by molar-refractivity contribution is 5.94. The van der Waals surface area contributed by atoms with Gasteiger partial charge in [-0.05, 0) is 50.2 Å². The predicted molar refractivity (Wildman–Crippen MR) is 90.1 cm³/mol. The van der Waals surface area contributed by atoms with Gasteiger partial charge in [0.2, 0.25) is 0 Å². The Kier molecular flexibility index (Phi) is 4.06. The standard InChI is InChI=1S/C19H19NO3/c1-13(2)20-16(12-23-17-6-4-3-5-7-17)11-15-10-14(19(21)22)8-9-18(15)20/h3-11,13H,12H2,1-2H3,(H,21,22). The van der Waals surface area contributed by atoms with Gasteiger partial charge in [-0.15, -0.1) is 0 Å². The first-order valence-corrected chi connectivity index (χ1v) is 7.61. The van der Waals surface area contributed by atoms with E-state index in [4.69, 9.17) is 9.84 Å². The van der Waals surface area contributed by atoms with Crippen LogP contribution >= 0.6 is 0 Å². The minimum absolute atomic E-state index is 0.262. The minimum Gasteiger partial charge on any atom is -0.487 e. The van der Waals surface area contributed by atoms with Gasteiger partial charge in [0.25, 0.3) is 0 Å². The highest BCUT2D eigenvalue weighted by atomic mass is 16.5. The first-order valence-electron chi connectivity index (χ1n) is 7.61. The van der Waals surface area contributed by atoms with Crippen molar-refractivity contribution >= 4 is 16.9 Å². The summed E-state index contributed by atoms with van der Waals surface area (Å²) >= 11 is 0. The van der Waals surface area contributed by atoms with Crippen molar-refractivity contribution in [1.82, 2.24) is 4.57 Å². The number of ether oxygens (including phenoxy) is 1. The largest absolute Gasteiger partial charge is 0.487 e. The van der Waals surface area contributed by atoms with Crippen LogP contribution < -0.4 is 4.74 Å². The molecule has 1 N–H and O–H groups in total. The van der Waals surface area contributed by atoms with Crippen LogP contribution in [0.2, 0.25) is 0 Å². The molecule has 0 atom stereocenters. The lowest BCUT2D eigenvalue weighted by Crippen LogP contribution is -2.08. The van der Waals surface area contributed by atoms with Crippen LogP contribution in [0.25, 0.3) is 10.9 Å². The van der Waals surface area contributed by atoms with Gasteiger partial charge in [-0.1, -0.05) is 18.2 Å². The molecule has 0 fully saturated rings. The van der Waals surface area contributed by atoms with E-state index < -0.39 is 5.97 Å². The third kappa shape index (κ3) is 3.06. The summed E-state index contributed by atoms with van der Waals surface area (Å²) in [7, 11) is 0. The molecule has 0 bridgehead atoms. The van der Waals surface area contributed by atoms with Crippen LogP contribution in [0.4, 0.5) is 0 Å². The van der Waals surface area contributed by atoms with Crippen LogP contribution in [-0.2, 0) is 6.61 Å². The molecule has 23 heavy (non-hydrogen) atoms. The van der Waals surface area contributed by atoms with Crippen molar-refractivity contribution in [3.8, 4) is 5.75 Å². The van der Waals surface area contributed by atoms with Crippen molar-refractivity contribution in [3.05, 3.63) is 65.9 Å². The summed E-state index contributed by atoms with van der Waals surface area (Å²) < 4.78 is 8.04. The summed E-state index contributed by atoms with van der Waals surface area (Å²) in [6, 6.07) is 17.2. The Balaban J connectivity index is 1.98. The lowest BCUT2D eigenvalue weighted by molar-refractivity contribution is 0.0697. The first-order chi connectivity index (χ1) is 11.1. The summed E-state index contributed by atoms with van der Waals surface area (Å²) in [5.74, 6) is -0.0921. The Labute approximate surface area is 134 Å². The van der Waals surface area contributed by atoms with Gasteiger partial charge in [-0.25, -0.2) is 4.79 Å². The molecule has 1 heterocycles. The zero-order chi connectivity index (χ0) is 16.4. The summed E-state index contributed by atoms with van der Waals surface area (Å²) in [6.45, 7) is 4.66. The van der Waals surface area contributed by atoms with Gasteiger partial charge in [-0.2, -0.15) is 0 Å². The number of carboxylic acid groups (broad SMARTS) is 1. The van der Waals surface area contributed by atoms with Crippen LogP contribution in [-0.4, -0.2) is 15.6 Å². The number of rotatable bonds is 5. The van der Waals surface area contributed by atoms with Gasteiger partial charge in [0.1, 0.15) is 12.4 Å². The van der Waals surface area contributed by atoms with Crippen molar-refractivity contribution in [1.29, 1.82) is 0 Å². The van der Waals surface area contributed by atoms with Gasteiger partial charge >= 0.3 is 5.97 Å². The lowest BCUT2D eigenvalue weighted by atomic mass is 10.1. The Morgan fingerprint density at radius 3 is 2.52 bits per heavy atom. The molecule has 3 rings (SSSR count). The molecule has 0 radical (unpaired) electrons. The van der Waals surface area contributed by atoms with Crippen LogP contribution in [0, 0.1) is 0 Å². The molecule has 0 aliphatic carbocycles. The predicted octanol–water partition coefficient (Wildman–Crippen LogP) is 4.50. The Bertz CT molecular complexity index is 834. The second-order valence-electron chi connectivity index (χ2n) is 5.78. The van der Waals surface area contributed by atoms with E-state index in [1.165, 1.54) is 0 Å². The van der Waals surface area contributed by atoms with Gasteiger partial charge < -0.3 is 14.4 Å². The summed E-state index contributed by atoms with van der Waals surface area (Å²) in [6.07, 6.45) is 0. The third-order valence-corrected chi connectivity index (χ3v) is 3.81.